The molecule has 0 amide bonds. The second kappa shape index (κ2) is 4.83. The van der Waals surface area contributed by atoms with Gasteiger partial charge in [0.05, 0.1) is 10.5 Å². The van der Waals surface area contributed by atoms with E-state index >= 15 is 0 Å². The lowest BCUT2D eigenvalue weighted by atomic mass is 10.1. The number of nitrogens with two attached hydrogens (primary N) is 1. The van der Waals surface area contributed by atoms with Crippen molar-refractivity contribution in [3.63, 3.8) is 0 Å². The van der Waals surface area contributed by atoms with Crippen LogP contribution in [-0.2, 0) is 10.0 Å². The van der Waals surface area contributed by atoms with Crippen molar-refractivity contribution in [2.75, 3.05) is 12.3 Å². The van der Waals surface area contributed by atoms with Gasteiger partial charge in [0.2, 0.25) is 10.0 Å². The molecule has 3 N–H and O–H groups in total. The van der Waals surface area contributed by atoms with Gasteiger partial charge in [-0.15, -0.1) is 0 Å². The number of hydrogen-bond donors (Lipinski definition) is 2. The molecule has 0 spiro atoms. The Balaban J connectivity index is 2.23. The first kappa shape index (κ1) is 13.8. The van der Waals surface area contributed by atoms with Gasteiger partial charge in [0.1, 0.15) is 6.07 Å². The average molecular weight is 279 g/mol. The highest BCUT2D eigenvalue weighted by Crippen LogP contribution is 2.48. The minimum Gasteiger partial charge on any atom is -0.399 e. The maximum atomic E-state index is 12.2. The van der Waals surface area contributed by atoms with Crippen LogP contribution in [0, 0.1) is 16.7 Å². The average Bonchev–Trinajstić information content (AvgIpc) is 3.17. The van der Waals surface area contributed by atoms with Gasteiger partial charge in [-0.3, -0.25) is 0 Å². The fraction of sp³-hybridized carbons (Fsp3) is 0.462. The van der Waals surface area contributed by atoms with Gasteiger partial charge in [0.25, 0.3) is 0 Å². The first-order chi connectivity index (χ1) is 8.92. The molecule has 19 heavy (non-hydrogen) atoms. The van der Waals surface area contributed by atoms with E-state index in [1.807, 2.05) is 6.07 Å². The van der Waals surface area contributed by atoms with E-state index in [1.54, 1.807) is 0 Å². The molecule has 1 aromatic carbocycles. The zero-order valence-electron chi connectivity index (χ0n) is 10.8. The molecule has 2 rings (SSSR count). The predicted molar refractivity (Wildman–Crippen MR) is 72.7 cm³/mol. The van der Waals surface area contributed by atoms with Gasteiger partial charge >= 0.3 is 0 Å². The molecule has 0 atom stereocenters. The smallest absolute Gasteiger partial charge is 0.241 e. The normalized spacial score (nSPS) is 16.8. The highest BCUT2D eigenvalue weighted by Gasteiger charge is 2.41. The number of anilines is 1. The molecule has 1 saturated carbocycles. The number of benzene rings is 1. The van der Waals surface area contributed by atoms with Gasteiger partial charge in [0, 0.05) is 12.2 Å². The van der Waals surface area contributed by atoms with E-state index in [1.165, 1.54) is 18.2 Å². The first-order valence-electron chi connectivity index (χ1n) is 6.22. The lowest BCUT2D eigenvalue weighted by Crippen LogP contribution is -2.30. The van der Waals surface area contributed by atoms with Crippen LogP contribution in [-0.4, -0.2) is 15.0 Å². The molecule has 102 valence electrons. The van der Waals surface area contributed by atoms with Crippen molar-refractivity contribution >= 4 is 15.7 Å². The quantitative estimate of drug-likeness (QED) is 0.800. The van der Waals surface area contributed by atoms with Crippen LogP contribution < -0.4 is 10.5 Å². The summed E-state index contributed by atoms with van der Waals surface area (Å²) in [7, 11) is -3.65. The van der Waals surface area contributed by atoms with Crippen molar-refractivity contribution in [1.29, 1.82) is 5.26 Å². The fourth-order valence-corrected chi connectivity index (χ4v) is 3.32. The van der Waals surface area contributed by atoms with Crippen molar-refractivity contribution in [3.8, 4) is 6.07 Å². The van der Waals surface area contributed by atoms with E-state index in [2.05, 4.69) is 11.6 Å². The van der Waals surface area contributed by atoms with Gasteiger partial charge < -0.3 is 5.73 Å². The van der Waals surface area contributed by atoms with Crippen molar-refractivity contribution in [3.05, 3.63) is 23.8 Å². The van der Waals surface area contributed by atoms with Gasteiger partial charge in [-0.1, -0.05) is 6.92 Å². The van der Waals surface area contributed by atoms with E-state index in [4.69, 9.17) is 11.0 Å². The summed E-state index contributed by atoms with van der Waals surface area (Å²) in [4.78, 5) is -0.00361. The predicted octanol–water partition coefficient (Wildman–Crippen LogP) is 1.61. The summed E-state index contributed by atoms with van der Waals surface area (Å²) < 4.78 is 27.0. The number of nitrogen functional groups attached to an aromatic ring is 1. The Bertz CT molecular complexity index is 628. The third-order valence-corrected chi connectivity index (χ3v) is 5.22. The number of nitrogens with zero attached hydrogens (tertiary/aromatic N) is 1. The largest absolute Gasteiger partial charge is 0.399 e. The number of nitrogens with one attached hydrogen (secondary N) is 1. The van der Waals surface area contributed by atoms with Crippen LogP contribution in [0.3, 0.4) is 0 Å². The molecule has 1 aliphatic carbocycles. The van der Waals surface area contributed by atoms with E-state index < -0.39 is 10.0 Å². The summed E-state index contributed by atoms with van der Waals surface area (Å²) in [5, 5.41) is 9.00. The highest BCUT2D eigenvalue weighted by atomic mass is 32.2. The van der Waals surface area contributed by atoms with Crippen molar-refractivity contribution in [2.24, 2.45) is 5.41 Å². The van der Waals surface area contributed by atoms with Gasteiger partial charge in [0.15, 0.2) is 0 Å². The third kappa shape index (κ3) is 2.88. The van der Waals surface area contributed by atoms with E-state index in [9.17, 15) is 8.42 Å². The van der Waals surface area contributed by atoms with Crippen LogP contribution in [0.4, 0.5) is 5.69 Å². The summed E-state index contributed by atoms with van der Waals surface area (Å²) in [6.45, 7) is 2.49. The molecule has 0 aromatic heterocycles. The summed E-state index contributed by atoms with van der Waals surface area (Å²) in [5.74, 6) is 0. The van der Waals surface area contributed by atoms with Crippen molar-refractivity contribution in [1.82, 2.24) is 4.72 Å². The van der Waals surface area contributed by atoms with E-state index in [0.29, 0.717) is 12.2 Å². The van der Waals surface area contributed by atoms with Crippen LogP contribution in [0.1, 0.15) is 31.7 Å². The number of nitriles is 1. The van der Waals surface area contributed by atoms with Gasteiger partial charge in [-0.2, -0.15) is 5.26 Å². The summed E-state index contributed by atoms with van der Waals surface area (Å²) in [5.41, 5.74) is 6.13. The van der Waals surface area contributed by atoms with Crippen molar-refractivity contribution in [2.45, 2.75) is 31.1 Å². The Morgan fingerprint density at radius 2 is 2.16 bits per heavy atom. The zero-order valence-corrected chi connectivity index (χ0v) is 11.6. The molecule has 1 fully saturated rings. The SMILES string of the molecule is CCC1(CNS(=O)(=O)c2ccc(N)cc2C#N)CC1. The molecule has 0 saturated heterocycles. The molecule has 0 radical (unpaired) electrons. The molecule has 0 aliphatic heterocycles. The van der Waals surface area contributed by atoms with Gasteiger partial charge in [-0.25, -0.2) is 13.1 Å². The molecule has 0 heterocycles. The second-order valence-electron chi connectivity index (χ2n) is 5.05. The topological polar surface area (TPSA) is 96.0 Å². The minimum atomic E-state index is -3.65. The molecule has 6 heteroatoms. The molecule has 1 aliphatic rings. The fourth-order valence-electron chi connectivity index (χ4n) is 2.03. The minimum absolute atomic E-state index is 0.00361. The molecule has 0 bridgehead atoms. The summed E-state index contributed by atoms with van der Waals surface area (Å²) in [6, 6.07) is 6.11. The summed E-state index contributed by atoms with van der Waals surface area (Å²) in [6.07, 6.45) is 3.07. The van der Waals surface area contributed by atoms with E-state index in [0.717, 1.165) is 19.3 Å². The second-order valence-corrected chi connectivity index (χ2v) is 6.78. The molecular formula is C13H17N3O2S. The molecule has 0 unspecified atom stereocenters. The number of sulfonamides is 1. The molecule has 1 aromatic rings. The Morgan fingerprint density at radius 1 is 1.47 bits per heavy atom. The Kier molecular flexibility index (Phi) is 3.52. The van der Waals surface area contributed by atoms with Crippen LogP contribution >= 0.6 is 0 Å². The Labute approximate surface area is 113 Å². The first-order valence-corrected chi connectivity index (χ1v) is 7.70. The van der Waals surface area contributed by atoms with Gasteiger partial charge in [-0.05, 0) is 42.9 Å². The standard InChI is InChI=1S/C13H17N3O2S/c1-2-13(5-6-13)9-16-19(17,18)12-4-3-11(15)7-10(12)8-14/h3-4,7,16H,2,5-6,9,15H2,1H3. The number of rotatable bonds is 5. The number of hydrogen-bond acceptors (Lipinski definition) is 4. The lowest BCUT2D eigenvalue weighted by molar-refractivity contribution is 0.475. The maximum Gasteiger partial charge on any atom is 0.241 e. The molecule has 5 nitrogen and oxygen atoms in total. The Morgan fingerprint density at radius 3 is 2.68 bits per heavy atom. The zero-order chi connectivity index (χ0) is 14.1. The van der Waals surface area contributed by atoms with Crippen LogP contribution in [0.15, 0.2) is 23.1 Å². The third-order valence-electron chi connectivity index (χ3n) is 3.76. The monoisotopic (exact) mass is 279 g/mol. The maximum absolute atomic E-state index is 12.2. The van der Waals surface area contributed by atoms with Crippen LogP contribution in [0.5, 0.6) is 0 Å². The lowest BCUT2D eigenvalue weighted by Gasteiger charge is -2.14. The van der Waals surface area contributed by atoms with E-state index in [-0.39, 0.29) is 15.9 Å². The summed E-state index contributed by atoms with van der Waals surface area (Å²) >= 11 is 0. The van der Waals surface area contributed by atoms with Crippen LogP contribution in [0.2, 0.25) is 0 Å². The van der Waals surface area contributed by atoms with Crippen LogP contribution in [0.25, 0.3) is 0 Å². The Hall–Kier alpha value is -1.58. The highest BCUT2D eigenvalue weighted by molar-refractivity contribution is 7.89. The molecular weight excluding hydrogens is 262 g/mol. The van der Waals surface area contributed by atoms with Crippen molar-refractivity contribution < 1.29 is 8.42 Å².